The Morgan fingerprint density at radius 1 is 1.17 bits per heavy atom. The molecule has 0 aromatic heterocycles. The highest BCUT2D eigenvalue weighted by atomic mass is 16.1. The SMILES string of the molecule is C=C=C1CCC2C3CC(=O)C4CC(=O)CC[C@]4(C)C3C[C@@H](C)C12. The molecule has 0 aromatic rings. The minimum Gasteiger partial charge on any atom is -0.300 e. The summed E-state index contributed by atoms with van der Waals surface area (Å²) in [4.78, 5) is 24.8. The van der Waals surface area contributed by atoms with E-state index in [9.17, 15) is 9.59 Å². The number of carbonyl (C=O) groups excluding carboxylic acids is 2. The van der Waals surface area contributed by atoms with Gasteiger partial charge in [0, 0.05) is 25.2 Å². The van der Waals surface area contributed by atoms with E-state index in [0.717, 1.165) is 19.3 Å². The summed E-state index contributed by atoms with van der Waals surface area (Å²) in [5.74, 6) is 3.76. The summed E-state index contributed by atoms with van der Waals surface area (Å²) >= 11 is 0. The van der Waals surface area contributed by atoms with Crippen LogP contribution < -0.4 is 0 Å². The van der Waals surface area contributed by atoms with Crippen molar-refractivity contribution in [2.75, 3.05) is 0 Å². The van der Waals surface area contributed by atoms with Gasteiger partial charge in [0.05, 0.1) is 0 Å². The van der Waals surface area contributed by atoms with Gasteiger partial charge in [0.25, 0.3) is 0 Å². The molecular formula is C21H28O2. The van der Waals surface area contributed by atoms with Gasteiger partial charge in [0.2, 0.25) is 0 Å². The molecule has 0 saturated heterocycles. The van der Waals surface area contributed by atoms with Crippen LogP contribution in [-0.2, 0) is 9.59 Å². The number of allylic oxidation sites excluding steroid dienone is 1. The minimum absolute atomic E-state index is 0.00423. The molecule has 4 saturated carbocycles. The van der Waals surface area contributed by atoms with Crippen LogP contribution in [-0.4, -0.2) is 11.6 Å². The Morgan fingerprint density at radius 2 is 1.96 bits per heavy atom. The standard InChI is InChI=1S/C21H28O2/c1-4-13-5-6-15-16-11-19(23)18-10-14(22)7-8-21(18,3)17(16)9-12(2)20(13)15/h12,15-18,20H,1,5-11H2,2-3H3/t12-,15?,16?,17?,18?,20?,21-/m1/s1. The Labute approximate surface area is 139 Å². The van der Waals surface area contributed by atoms with Gasteiger partial charge < -0.3 is 0 Å². The van der Waals surface area contributed by atoms with Crippen molar-refractivity contribution in [1.82, 2.24) is 0 Å². The smallest absolute Gasteiger partial charge is 0.137 e. The van der Waals surface area contributed by atoms with Gasteiger partial charge in [-0.05, 0) is 66.3 Å². The third kappa shape index (κ3) is 2.07. The fraction of sp³-hybridized carbons (Fsp3) is 0.762. The van der Waals surface area contributed by atoms with E-state index in [1.165, 1.54) is 18.4 Å². The van der Waals surface area contributed by atoms with Crippen LogP contribution in [0.1, 0.15) is 58.8 Å². The van der Waals surface area contributed by atoms with Crippen molar-refractivity contribution in [3.63, 3.8) is 0 Å². The molecule has 5 unspecified atom stereocenters. The van der Waals surface area contributed by atoms with Crippen molar-refractivity contribution in [3.05, 3.63) is 17.9 Å². The number of hydrogen-bond donors (Lipinski definition) is 0. The van der Waals surface area contributed by atoms with Crippen LogP contribution in [0.15, 0.2) is 17.9 Å². The first kappa shape index (κ1) is 15.4. The van der Waals surface area contributed by atoms with Crippen molar-refractivity contribution >= 4 is 11.6 Å². The molecule has 4 aliphatic rings. The fourth-order valence-electron chi connectivity index (χ4n) is 6.90. The average molecular weight is 312 g/mol. The van der Waals surface area contributed by atoms with Gasteiger partial charge in [-0.25, -0.2) is 0 Å². The Hall–Kier alpha value is -1.14. The first-order chi connectivity index (χ1) is 11.0. The van der Waals surface area contributed by atoms with E-state index in [-0.39, 0.29) is 11.3 Å². The number of Topliss-reactive ketones (excluding diaryl/α,β-unsaturated/α-hetero) is 2. The van der Waals surface area contributed by atoms with Gasteiger partial charge in [0.15, 0.2) is 0 Å². The quantitative estimate of drug-likeness (QED) is 0.623. The first-order valence-corrected chi connectivity index (χ1v) is 9.39. The zero-order chi connectivity index (χ0) is 16.4. The van der Waals surface area contributed by atoms with E-state index in [1.54, 1.807) is 0 Å². The molecule has 2 nitrogen and oxygen atoms in total. The number of fused-ring (bicyclic) bond motifs is 5. The molecule has 4 fully saturated rings. The summed E-state index contributed by atoms with van der Waals surface area (Å²) in [6.07, 6.45) is 6.39. The molecule has 7 atom stereocenters. The Bertz CT molecular complexity index is 611. The van der Waals surface area contributed by atoms with Gasteiger partial charge in [-0.2, -0.15) is 0 Å². The van der Waals surface area contributed by atoms with E-state index in [2.05, 4.69) is 26.2 Å². The van der Waals surface area contributed by atoms with Crippen LogP contribution in [0.4, 0.5) is 0 Å². The topological polar surface area (TPSA) is 34.1 Å². The molecule has 0 bridgehead atoms. The minimum atomic E-state index is 0.00423. The van der Waals surface area contributed by atoms with Crippen LogP contribution >= 0.6 is 0 Å². The highest BCUT2D eigenvalue weighted by molar-refractivity contribution is 5.90. The van der Waals surface area contributed by atoms with Crippen molar-refractivity contribution in [3.8, 4) is 0 Å². The molecule has 0 radical (unpaired) electrons. The van der Waals surface area contributed by atoms with E-state index >= 15 is 0 Å². The Balaban J connectivity index is 1.71. The van der Waals surface area contributed by atoms with Crippen molar-refractivity contribution in [1.29, 1.82) is 0 Å². The summed E-state index contributed by atoms with van der Waals surface area (Å²) in [5.41, 5.74) is 4.69. The second kappa shape index (κ2) is 5.18. The lowest BCUT2D eigenvalue weighted by atomic mass is 9.45. The third-order valence-electron chi connectivity index (χ3n) is 7.99. The maximum atomic E-state index is 12.9. The van der Waals surface area contributed by atoms with E-state index < -0.39 is 0 Å². The molecule has 0 N–H and O–H groups in total. The predicted molar refractivity (Wildman–Crippen MR) is 89.7 cm³/mol. The highest BCUT2D eigenvalue weighted by Crippen LogP contribution is 2.63. The molecule has 124 valence electrons. The normalized spacial score (nSPS) is 49.2. The van der Waals surface area contributed by atoms with Gasteiger partial charge >= 0.3 is 0 Å². The third-order valence-corrected chi connectivity index (χ3v) is 7.99. The lowest BCUT2D eigenvalue weighted by Gasteiger charge is -2.58. The summed E-state index contributed by atoms with van der Waals surface area (Å²) in [7, 11) is 0. The molecule has 0 aliphatic heterocycles. The largest absolute Gasteiger partial charge is 0.300 e. The molecule has 0 aromatic carbocycles. The number of ketones is 2. The molecule has 23 heavy (non-hydrogen) atoms. The van der Waals surface area contributed by atoms with Crippen LogP contribution in [0.5, 0.6) is 0 Å². The average Bonchev–Trinajstić information content (AvgIpc) is 2.96. The van der Waals surface area contributed by atoms with Crippen molar-refractivity contribution < 1.29 is 9.59 Å². The first-order valence-electron chi connectivity index (χ1n) is 9.39. The monoisotopic (exact) mass is 312 g/mol. The van der Waals surface area contributed by atoms with Crippen molar-refractivity contribution in [2.45, 2.75) is 58.8 Å². The van der Waals surface area contributed by atoms with E-state index in [4.69, 9.17) is 0 Å². The predicted octanol–water partition coefficient (Wildman–Crippen LogP) is 4.34. The zero-order valence-corrected chi connectivity index (χ0v) is 14.4. The second-order valence-electron chi connectivity index (χ2n) is 8.89. The van der Waals surface area contributed by atoms with Gasteiger partial charge in [0.1, 0.15) is 11.6 Å². The van der Waals surface area contributed by atoms with Crippen LogP contribution in [0, 0.1) is 40.9 Å². The molecule has 2 heteroatoms. The fourth-order valence-corrected chi connectivity index (χ4v) is 6.90. The zero-order valence-electron chi connectivity index (χ0n) is 14.4. The van der Waals surface area contributed by atoms with E-state index in [0.29, 0.717) is 54.0 Å². The maximum absolute atomic E-state index is 12.9. The summed E-state index contributed by atoms with van der Waals surface area (Å²) < 4.78 is 0. The van der Waals surface area contributed by atoms with Gasteiger partial charge in [-0.1, -0.05) is 20.4 Å². The Morgan fingerprint density at radius 3 is 2.70 bits per heavy atom. The highest BCUT2D eigenvalue weighted by Gasteiger charge is 2.59. The number of rotatable bonds is 0. The maximum Gasteiger partial charge on any atom is 0.137 e. The summed E-state index contributed by atoms with van der Waals surface area (Å²) in [5, 5.41) is 0. The van der Waals surface area contributed by atoms with Crippen molar-refractivity contribution in [2.24, 2.45) is 40.9 Å². The van der Waals surface area contributed by atoms with Gasteiger partial charge in [-0.3, -0.25) is 9.59 Å². The summed E-state index contributed by atoms with van der Waals surface area (Å²) in [6.45, 7) is 8.62. The molecule has 4 aliphatic carbocycles. The lowest BCUT2D eigenvalue weighted by Crippen LogP contribution is -2.56. The number of carbonyl (C=O) groups is 2. The van der Waals surface area contributed by atoms with Gasteiger partial charge in [-0.15, -0.1) is 5.73 Å². The van der Waals surface area contributed by atoms with Crippen LogP contribution in [0.3, 0.4) is 0 Å². The van der Waals surface area contributed by atoms with Crippen LogP contribution in [0.25, 0.3) is 0 Å². The second-order valence-corrected chi connectivity index (χ2v) is 8.89. The Kier molecular flexibility index (Phi) is 3.47. The molecule has 4 rings (SSSR count). The molecule has 0 spiro atoms. The molecule has 0 heterocycles. The lowest BCUT2D eigenvalue weighted by molar-refractivity contribution is -0.155. The number of hydrogen-bond acceptors (Lipinski definition) is 2. The molecular weight excluding hydrogens is 284 g/mol. The van der Waals surface area contributed by atoms with Crippen LogP contribution in [0.2, 0.25) is 0 Å². The summed E-state index contributed by atoms with van der Waals surface area (Å²) in [6, 6.07) is 0. The van der Waals surface area contributed by atoms with E-state index in [1.807, 2.05) is 0 Å². The molecule has 0 amide bonds.